The number of amides is 2. The van der Waals surface area contributed by atoms with Crippen molar-refractivity contribution in [3.8, 4) is 17.2 Å². The zero-order valence-electron chi connectivity index (χ0n) is 18.3. The molecule has 166 valence electrons. The number of likely N-dealkylation sites (tertiary alicyclic amines) is 1. The molecule has 1 fully saturated rings. The number of hydrogen-bond acceptors (Lipinski definition) is 5. The molecule has 0 aromatic heterocycles. The number of hydrogen-bond donors (Lipinski definition) is 1. The van der Waals surface area contributed by atoms with Gasteiger partial charge in [-0.25, -0.2) is 0 Å². The van der Waals surface area contributed by atoms with Crippen LogP contribution in [-0.4, -0.2) is 56.7 Å². The summed E-state index contributed by atoms with van der Waals surface area (Å²) in [5.74, 6) is 1.78. The van der Waals surface area contributed by atoms with Gasteiger partial charge in [0.05, 0.1) is 19.8 Å². The van der Waals surface area contributed by atoms with Gasteiger partial charge in [0.1, 0.15) is 23.4 Å². The van der Waals surface area contributed by atoms with Crippen LogP contribution >= 0.6 is 0 Å². The van der Waals surface area contributed by atoms with E-state index in [4.69, 9.17) is 14.2 Å². The summed E-state index contributed by atoms with van der Waals surface area (Å²) in [7, 11) is 3.20. The van der Waals surface area contributed by atoms with E-state index in [0.29, 0.717) is 43.1 Å². The number of ether oxygens (including phenoxy) is 3. The van der Waals surface area contributed by atoms with Gasteiger partial charge < -0.3 is 24.4 Å². The van der Waals surface area contributed by atoms with E-state index in [1.807, 2.05) is 29.2 Å². The first kappa shape index (κ1) is 22.5. The molecule has 7 nitrogen and oxygen atoms in total. The van der Waals surface area contributed by atoms with Crippen LogP contribution in [-0.2, 0) is 11.2 Å². The van der Waals surface area contributed by atoms with Crippen LogP contribution in [0.25, 0.3) is 0 Å². The fourth-order valence-electron chi connectivity index (χ4n) is 3.70. The highest BCUT2D eigenvalue weighted by atomic mass is 16.5. The lowest BCUT2D eigenvalue weighted by molar-refractivity contribution is -0.130. The highest BCUT2D eigenvalue weighted by Gasteiger charge is 2.24. The minimum Gasteiger partial charge on any atom is -0.497 e. The zero-order chi connectivity index (χ0) is 22.2. The summed E-state index contributed by atoms with van der Waals surface area (Å²) < 4.78 is 16.8. The summed E-state index contributed by atoms with van der Waals surface area (Å²) in [5, 5.41) is 2.97. The summed E-state index contributed by atoms with van der Waals surface area (Å²) in [4.78, 5) is 26.3. The van der Waals surface area contributed by atoms with Crippen molar-refractivity contribution in [2.45, 2.75) is 32.3 Å². The van der Waals surface area contributed by atoms with Crippen LogP contribution < -0.4 is 19.5 Å². The van der Waals surface area contributed by atoms with Crippen molar-refractivity contribution in [3.05, 3.63) is 53.6 Å². The Morgan fingerprint density at radius 1 is 1.03 bits per heavy atom. The van der Waals surface area contributed by atoms with E-state index >= 15 is 0 Å². The standard InChI is InChI=1S/C24H30N2O5/c1-17(27)26-14-11-19(12-15-26)31-23-9-8-20(29-2)16-21(23)24(28)25-13-10-18-6-4-5-7-22(18)30-3/h4-9,16,19H,10-15H2,1-3H3,(H,25,28). The summed E-state index contributed by atoms with van der Waals surface area (Å²) in [6.45, 7) is 3.37. The van der Waals surface area contributed by atoms with Crippen LogP contribution in [0.4, 0.5) is 0 Å². The van der Waals surface area contributed by atoms with Crippen LogP contribution in [0.2, 0.25) is 0 Å². The highest BCUT2D eigenvalue weighted by molar-refractivity contribution is 5.97. The van der Waals surface area contributed by atoms with Crippen molar-refractivity contribution < 1.29 is 23.8 Å². The fraction of sp³-hybridized carbons (Fsp3) is 0.417. The molecule has 0 atom stereocenters. The molecule has 1 heterocycles. The van der Waals surface area contributed by atoms with Crippen molar-refractivity contribution in [2.24, 2.45) is 0 Å². The Kier molecular flexibility index (Phi) is 7.76. The smallest absolute Gasteiger partial charge is 0.255 e. The van der Waals surface area contributed by atoms with Gasteiger partial charge in [0.25, 0.3) is 5.91 Å². The Morgan fingerprint density at radius 3 is 2.45 bits per heavy atom. The molecule has 7 heteroatoms. The first-order chi connectivity index (χ1) is 15.0. The summed E-state index contributed by atoms with van der Waals surface area (Å²) in [6.07, 6.45) is 2.09. The summed E-state index contributed by atoms with van der Waals surface area (Å²) in [6, 6.07) is 13.0. The van der Waals surface area contributed by atoms with Gasteiger partial charge in [0.2, 0.25) is 5.91 Å². The molecule has 31 heavy (non-hydrogen) atoms. The number of rotatable bonds is 8. The minimum absolute atomic E-state index is 0.0378. The maximum absolute atomic E-state index is 12.9. The normalized spacial score (nSPS) is 14.1. The predicted octanol–water partition coefficient (Wildman–Crippen LogP) is 3.07. The monoisotopic (exact) mass is 426 g/mol. The van der Waals surface area contributed by atoms with E-state index in [2.05, 4.69) is 5.32 Å². The topological polar surface area (TPSA) is 77.1 Å². The number of benzene rings is 2. The van der Waals surface area contributed by atoms with Gasteiger partial charge in [-0.15, -0.1) is 0 Å². The van der Waals surface area contributed by atoms with Gasteiger partial charge in [0.15, 0.2) is 0 Å². The van der Waals surface area contributed by atoms with Gasteiger partial charge in [-0.1, -0.05) is 18.2 Å². The Labute approximate surface area is 183 Å². The van der Waals surface area contributed by atoms with E-state index < -0.39 is 0 Å². The highest BCUT2D eigenvalue weighted by Crippen LogP contribution is 2.27. The van der Waals surface area contributed by atoms with E-state index in [1.54, 1.807) is 39.3 Å². The lowest BCUT2D eigenvalue weighted by Gasteiger charge is -2.31. The van der Waals surface area contributed by atoms with Gasteiger partial charge in [-0.2, -0.15) is 0 Å². The second-order valence-corrected chi connectivity index (χ2v) is 7.50. The first-order valence-electron chi connectivity index (χ1n) is 10.5. The Bertz CT molecular complexity index is 907. The molecule has 2 aromatic carbocycles. The van der Waals surface area contributed by atoms with Crippen LogP contribution in [0.15, 0.2) is 42.5 Å². The molecule has 3 rings (SSSR count). The van der Waals surface area contributed by atoms with Gasteiger partial charge in [0, 0.05) is 39.4 Å². The maximum Gasteiger partial charge on any atom is 0.255 e. The molecule has 0 saturated carbocycles. The van der Waals surface area contributed by atoms with Crippen LogP contribution in [0.5, 0.6) is 17.2 Å². The largest absolute Gasteiger partial charge is 0.497 e. The summed E-state index contributed by atoms with van der Waals surface area (Å²) >= 11 is 0. The molecule has 2 amide bonds. The van der Waals surface area contributed by atoms with E-state index in [0.717, 1.165) is 24.2 Å². The molecule has 1 saturated heterocycles. The lowest BCUT2D eigenvalue weighted by atomic mass is 10.1. The number of nitrogens with zero attached hydrogens (tertiary/aromatic N) is 1. The molecule has 0 aliphatic carbocycles. The third-order valence-corrected chi connectivity index (χ3v) is 5.48. The zero-order valence-corrected chi connectivity index (χ0v) is 18.3. The number of methoxy groups -OCH3 is 2. The average Bonchev–Trinajstić information content (AvgIpc) is 2.80. The molecule has 0 bridgehead atoms. The SMILES string of the molecule is COc1ccc(OC2CCN(C(C)=O)CC2)c(C(=O)NCCc2ccccc2OC)c1. The second-order valence-electron chi connectivity index (χ2n) is 7.50. The third kappa shape index (κ3) is 5.90. The number of nitrogens with one attached hydrogen (secondary N) is 1. The molecule has 1 aliphatic rings. The molecule has 0 radical (unpaired) electrons. The van der Waals surface area contributed by atoms with Gasteiger partial charge in [-0.05, 0) is 36.2 Å². The molecular formula is C24H30N2O5. The lowest BCUT2D eigenvalue weighted by Crippen LogP contribution is -2.40. The molecule has 0 spiro atoms. The first-order valence-corrected chi connectivity index (χ1v) is 10.5. The number of piperidine rings is 1. The van der Waals surface area contributed by atoms with Crippen molar-refractivity contribution >= 4 is 11.8 Å². The van der Waals surface area contributed by atoms with Crippen LogP contribution in [0, 0.1) is 0 Å². The molecule has 1 N–H and O–H groups in total. The molecule has 2 aromatic rings. The van der Waals surface area contributed by atoms with E-state index in [1.165, 1.54) is 0 Å². The van der Waals surface area contributed by atoms with E-state index in [-0.39, 0.29) is 17.9 Å². The Balaban J connectivity index is 1.65. The van der Waals surface area contributed by atoms with Gasteiger partial charge in [-0.3, -0.25) is 9.59 Å². The van der Waals surface area contributed by atoms with E-state index in [9.17, 15) is 9.59 Å². The second kappa shape index (κ2) is 10.7. The predicted molar refractivity (Wildman–Crippen MR) is 118 cm³/mol. The van der Waals surface area contributed by atoms with Crippen molar-refractivity contribution in [1.82, 2.24) is 10.2 Å². The summed E-state index contributed by atoms with van der Waals surface area (Å²) in [5.41, 5.74) is 1.47. The van der Waals surface area contributed by atoms with Crippen LogP contribution in [0.1, 0.15) is 35.7 Å². The third-order valence-electron chi connectivity index (χ3n) is 5.48. The quantitative estimate of drug-likeness (QED) is 0.702. The van der Waals surface area contributed by atoms with Crippen molar-refractivity contribution in [1.29, 1.82) is 0 Å². The fourth-order valence-corrected chi connectivity index (χ4v) is 3.70. The Morgan fingerprint density at radius 2 is 1.77 bits per heavy atom. The number of carbonyl (C=O) groups is 2. The molecular weight excluding hydrogens is 396 g/mol. The average molecular weight is 427 g/mol. The minimum atomic E-state index is -0.218. The Hall–Kier alpha value is -3.22. The van der Waals surface area contributed by atoms with Crippen LogP contribution in [0.3, 0.4) is 0 Å². The van der Waals surface area contributed by atoms with Crippen molar-refractivity contribution in [2.75, 3.05) is 33.9 Å². The molecule has 1 aliphatic heterocycles. The molecule has 0 unspecified atom stereocenters. The van der Waals surface area contributed by atoms with Crippen molar-refractivity contribution in [3.63, 3.8) is 0 Å². The maximum atomic E-state index is 12.9. The number of para-hydroxylation sites is 1. The van der Waals surface area contributed by atoms with Gasteiger partial charge >= 0.3 is 0 Å². The number of carbonyl (C=O) groups excluding carboxylic acids is 2.